The molecule has 0 aliphatic rings. The molecule has 3 aromatic rings. The van der Waals surface area contributed by atoms with E-state index in [0.29, 0.717) is 18.2 Å². The van der Waals surface area contributed by atoms with Crippen molar-refractivity contribution in [2.45, 2.75) is 32.4 Å². The Morgan fingerprint density at radius 3 is 2.60 bits per heavy atom. The number of anilines is 1. The van der Waals surface area contributed by atoms with Gasteiger partial charge in [0.25, 0.3) is 0 Å². The lowest BCUT2D eigenvalue weighted by molar-refractivity contribution is 0.0899. The van der Waals surface area contributed by atoms with E-state index in [-0.39, 0.29) is 5.28 Å². The topological polar surface area (TPSA) is 78.9 Å². The first kappa shape index (κ1) is 17.8. The van der Waals surface area contributed by atoms with Crippen LogP contribution >= 0.6 is 11.6 Å². The van der Waals surface area contributed by atoms with E-state index in [1.807, 2.05) is 22.9 Å². The van der Waals surface area contributed by atoms with Gasteiger partial charge in [0, 0.05) is 38.8 Å². The average molecular weight is 376 g/mol. The Labute approximate surface area is 153 Å². The van der Waals surface area contributed by atoms with E-state index >= 15 is 0 Å². The predicted molar refractivity (Wildman–Crippen MR) is 104 cm³/mol. The minimum atomic E-state index is -1.12. The Hall–Kier alpha value is -1.96. The zero-order valence-corrected chi connectivity index (χ0v) is 16.4. The van der Waals surface area contributed by atoms with Crippen molar-refractivity contribution >= 4 is 36.5 Å². The summed E-state index contributed by atoms with van der Waals surface area (Å²) < 4.78 is 7.80. The maximum atomic E-state index is 6.12. The second kappa shape index (κ2) is 7.11. The fourth-order valence-corrected chi connectivity index (χ4v) is 3.50. The lowest BCUT2D eigenvalue weighted by Crippen LogP contribution is -2.22. The molecule has 0 spiro atoms. The number of ether oxygens (including phenoxy) is 1. The Kier molecular flexibility index (Phi) is 5.08. The molecular weight excluding hydrogens is 354 g/mol. The lowest BCUT2D eigenvalue weighted by atomic mass is 10.1. The molecule has 0 saturated heterocycles. The van der Waals surface area contributed by atoms with Crippen molar-refractivity contribution in [1.82, 2.24) is 19.5 Å². The van der Waals surface area contributed by atoms with Gasteiger partial charge in [0.1, 0.15) is 18.2 Å². The Morgan fingerprint density at radius 2 is 1.92 bits per heavy atom. The van der Waals surface area contributed by atoms with Crippen molar-refractivity contribution in [2.24, 2.45) is 0 Å². The number of hydrogen-bond acceptors (Lipinski definition) is 5. The Balaban J connectivity index is 1.96. The highest BCUT2D eigenvalue weighted by Crippen LogP contribution is 2.33. The van der Waals surface area contributed by atoms with Gasteiger partial charge in [0.2, 0.25) is 5.28 Å². The summed E-state index contributed by atoms with van der Waals surface area (Å²) in [6.45, 7) is 8.12. The third-order valence-electron chi connectivity index (χ3n) is 3.94. The first-order valence-electron chi connectivity index (χ1n) is 8.15. The molecule has 3 aromatic heterocycles. The van der Waals surface area contributed by atoms with Gasteiger partial charge in [0.05, 0.1) is 5.39 Å². The Bertz CT molecular complexity index is 876. The first-order chi connectivity index (χ1) is 11.8. The summed E-state index contributed by atoms with van der Waals surface area (Å²) in [6.07, 6.45) is 5.47. The molecule has 0 aliphatic heterocycles. The quantitative estimate of drug-likeness (QED) is 0.399. The third kappa shape index (κ3) is 4.17. The molecule has 0 radical (unpaired) electrons. The number of pyridine rings is 1. The van der Waals surface area contributed by atoms with E-state index in [0.717, 1.165) is 29.2 Å². The van der Waals surface area contributed by atoms with E-state index < -0.39 is 8.07 Å². The molecule has 25 heavy (non-hydrogen) atoms. The van der Waals surface area contributed by atoms with Crippen LogP contribution in [0.5, 0.6) is 0 Å². The van der Waals surface area contributed by atoms with E-state index in [1.54, 1.807) is 12.4 Å². The molecule has 3 rings (SSSR count). The number of nitrogens with zero attached hydrogens (tertiary/aromatic N) is 4. The molecule has 0 aromatic carbocycles. The number of hydrogen-bond donors (Lipinski definition) is 1. The molecule has 0 aliphatic carbocycles. The highest BCUT2D eigenvalue weighted by atomic mass is 35.5. The van der Waals surface area contributed by atoms with Crippen LogP contribution in [-0.4, -0.2) is 34.2 Å². The average Bonchev–Trinajstić information content (AvgIpc) is 2.90. The highest BCUT2D eigenvalue weighted by molar-refractivity contribution is 6.76. The summed E-state index contributed by atoms with van der Waals surface area (Å²) in [5, 5.41) is 0.914. The summed E-state index contributed by atoms with van der Waals surface area (Å²) in [5.41, 5.74) is 8.74. The molecule has 8 heteroatoms. The van der Waals surface area contributed by atoms with Crippen LogP contribution in [-0.2, 0) is 11.5 Å². The molecule has 0 amide bonds. The van der Waals surface area contributed by atoms with Crippen molar-refractivity contribution in [3.8, 4) is 11.1 Å². The van der Waals surface area contributed by atoms with Gasteiger partial charge in [-0.3, -0.25) is 4.98 Å². The number of fused-ring (bicyclic) bond motifs is 1. The molecule has 132 valence electrons. The lowest BCUT2D eigenvalue weighted by Gasteiger charge is -2.15. The SMILES string of the molecule is C[Si](C)(C)CCOCn1cc(-c2ccncc2)c2c(N)nc(Cl)nc21. The second-order valence-electron chi connectivity index (χ2n) is 7.17. The smallest absolute Gasteiger partial charge is 0.226 e. The van der Waals surface area contributed by atoms with Crippen molar-refractivity contribution in [2.75, 3.05) is 12.3 Å². The van der Waals surface area contributed by atoms with Gasteiger partial charge in [-0.2, -0.15) is 4.98 Å². The molecule has 0 unspecified atom stereocenters. The van der Waals surface area contributed by atoms with Gasteiger partial charge in [0.15, 0.2) is 0 Å². The van der Waals surface area contributed by atoms with E-state index in [9.17, 15) is 0 Å². The van der Waals surface area contributed by atoms with Crippen LogP contribution in [0.2, 0.25) is 31.0 Å². The first-order valence-corrected chi connectivity index (χ1v) is 12.2. The van der Waals surface area contributed by atoms with Gasteiger partial charge >= 0.3 is 0 Å². The summed E-state index contributed by atoms with van der Waals surface area (Å²) in [4.78, 5) is 12.5. The van der Waals surface area contributed by atoms with Crippen LogP contribution in [0.1, 0.15) is 0 Å². The highest BCUT2D eigenvalue weighted by Gasteiger charge is 2.17. The summed E-state index contributed by atoms with van der Waals surface area (Å²) >= 11 is 6.01. The van der Waals surface area contributed by atoms with Gasteiger partial charge in [-0.25, -0.2) is 4.98 Å². The fourth-order valence-electron chi connectivity index (χ4n) is 2.58. The van der Waals surface area contributed by atoms with Gasteiger partial charge in [-0.05, 0) is 35.3 Å². The molecule has 6 nitrogen and oxygen atoms in total. The fraction of sp³-hybridized carbons (Fsp3) is 0.353. The van der Waals surface area contributed by atoms with E-state index in [2.05, 4.69) is 34.6 Å². The summed E-state index contributed by atoms with van der Waals surface area (Å²) in [7, 11) is -1.12. The van der Waals surface area contributed by atoms with Crippen LogP contribution < -0.4 is 5.73 Å². The number of rotatable bonds is 6. The molecular formula is C17H22ClN5OSi. The Morgan fingerprint density at radius 1 is 1.20 bits per heavy atom. The number of aromatic nitrogens is 4. The standard InChI is InChI=1S/C17H22ClN5OSi/c1-25(2,3)9-8-24-11-23-10-13(12-4-6-20-7-5-12)14-15(19)21-17(18)22-16(14)23/h4-7,10H,8-9,11H2,1-3H3,(H2,19,21,22). The van der Waals surface area contributed by atoms with Crippen LogP contribution in [0.4, 0.5) is 5.82 Å². The molecule has 0 fully saturated rings. The minimum Gasteiger partial charge on any atom is -0.383 e. The number of halogens is 1. The molecule has 3 heterocycles. The predicted octanol–water partition coefficient (Wildman–Crippen LogP) is 4.04. The van der Waals surface area contributed by atoms with Crippen molar-refractivity contribution < 1.29 is 4.74 Å². The molecule has 0 saturated carbocycles. The van der Waals surface area contributed by atoms with E-state index in [1.165, 1.54) is 0 Å². The zero-order chi connectivity index (χ0) is 18.0. The van der Waals surface area contributed by atoms with Crippen molar-refractivity contribution in [3.63, 3.8) is 0 Å². The van der Waals surface area contributed by atoms with Crippen molar-refractivity contribution in [3.05, 3.63) is 36.0 Å². The number of nitrogen functional groups attached to an aromatic ring is 1. The molecule has 2 N–H and O–H groups in total. The minimum absolute atomic E-state index is 0.132. The largest absolute Gasteiger partial charge is 0.383 e. The van der Waals surface area contributed by atoms with Gasteiger partial charge in [-0.1, -0.05) is 19.6 Å². The van der Waals surface area contributed by atoms with Crippen molar-refractivity contribution in [1.29, 1.82) is 0 Å². The maximum absolute atomic E-state index is 6.12. The molecule has 0 atom stereocenters. The van der Waals surface area contributed by atoms with Gasteiger partial charge in [-0.15, -0.1) is 0 Å². The monoisotopic (exact) mass is 375 g/mol. The third-order valence-corrected chi connectivity index (χ3v) is 5.81. The van der Waals surface area contributed by atoms with Crippen LogP contribution in [0.15, 0.2) is 30.7 Å². The van der Waals surface area contributed by atoms with Crippen LogP contribution in [0.3, 0.4) is 0 Å². The normalized spacial score (nSPS) is 12.0. The van der Waals surface area contributed by atoms with Crippen LogP contribution in [0.25, 0.3) is 22.2 Å². The summed E-state index contributed by atoms with van der Waals surface area (Å²) in [5.74, 6) is 0.364. The number of nitrogens with two attached hydrogens (primary N) is 1. The zero-order valence-electron chi connectivity index (χ0n) is 14.7. The van der Waals surface area contributed by atoms with E-state index in [4.69, 9.17) is 22.1 Å². The maximum Gasteiger partial charge on any atom is 0.226 e. The van der Waals surface area contributed by atoms with Gasteiger partial charge < -0.3 is 15.0 Å². The molecule has 0 bridgehead atoms. The second-order valence-corrected chi connectivity index (χ2v) is 13.1. The van der Waals surface area contributed by atoms with Crippen LogP contribution in [0, 0.1) is 0 Å². The summed E-state index contributed by atoms with van der Waals surface area (Å²) in [6, 6.07) is 4.97.